The zero-order valence-electron chi connectivity index (χ0n) is 21.2. The smallest absolute Gasteiger partial charge is 0.411 e. The Morgan fingerprint density at radius 2 is 2.03 bits per heavy atom. The van der Waals surface area contributed by atoms with Crippen LogP contribution in [0, 0.1) is 39.4 Å². The van der Waals surface area contributed by atoms with Crippen molar-refractivity contribution in [1.29, 1.82) is 0 Å². The van der Waals surface area contributed by atoms with E-state index in [1.807, 2.05) is 0 Å². The van der Waals surface area contributed by atoms with Crippen LogP contribution in [0.5, 0.6) is 0 Å². The second-order valence-corrected chi connectivity index (χ2v) is 11.6. The van der Waals surface area contributed by atoms with Gasteiger partial charge in [-0.2, -0.15) is 4.91 Å². The van der Waals surface area contributed by atoms with E-state index in [1.54, 1.807) is 37.3 Å². The molecule has 1 N–H and O–H groups in total. The van der Waals surface area contributed by atoms with Crippen molar-refractivity contribution in [3.63, 3.8) is 0 Å². The van der Waals surface area contributed by atoms with Crippen LogP contribution in [0.1, 0.15) is 58.4 Å². The minimum Gasteiger partial charge on any atom is -0.446 e. The molecule has 2 saturated carbocycles. The first-order valence-corrected chi connectivity index (χ1v) is 12.9. The molecule has 0 saturated heterocycles. The van der Waals surface area contributed by atoms with E-state index in [4.69, 9.17) is 4.74 Å². The van der Waals surface area contributed by atoms with Gasteiger partial charge in [-0.3, -0.25) is 14.9 Å². The van der Waals surface area contributed by atoms with Crippen LogP contribution in [-0.2, 0) is 20.9 Å². The number of nitroso groups, excluding NO2 is 1. The summed E-state index contributed by atoms with van der Waals surface area (Å²) in [7, 11) is 0. The number of anilines is 1. The van der Waals surface area contributed by atoms with E-state index in [9.17, 15) is 19.3 Å². The first-order valence-electron chi connectivity index (χ1n) is 12.9. The largest absolute Gasteiger partial charge is 0.446 e. The van der Waals surface area contributed by atoms with Crippen molar-refractivity contribution < 1.29 is 19.1 Å². The van der Waals surface area contributed by atoms with E-state index < -0.39 is 12.2 Å². The zero-order chi connectivity index (χ0) is 25.7. The van der Waals surface area contributed by atoms with Crippen molar-refractivity contribution in [2.75, 3.05) is 5.32 Å². The molecule has 0 spiro atoms. The van der Waals surface area contributed by atoms with E-state index in [0.717, 1.165) is 24.8 Å². The number of benzene rings is 1. The number of Topliss-reactive ketones (excluding diaryl/α,β-unsaturated/α-hetero) is 1. The molecule has 5 rings (SSSR count). The lowest BCUT2D eigenvalue weighted by Crippen LogP contribution is -2.57. The number of ketones is 2. The van der Waals surface area contributed by atoms with Gasteiger partial charge < -0.3 is 4.74 Å². The molecule has 0 heterocycles. The third-order valence-electron chi connectivity index (χ3n) is 9.60. The summed E-state index contributed by atoms with van der Waals surface area (Å²) in [5, 5.41) is 5.74. The summed E-state index contributed by atoms with van der Waals surface area (Å²) >= 11 is 0. The lowest BCUT2D eigenvalue weighted by molar-refractivity contribution is -0.134. The van der Waals surface area contributed by atoms with Gasteiger partial charge in [-0.1, -0.05) is 43.3 Å². The van der Waals surface area contributed by atoms with Crippen LogP contribution >= 0.6 is 0 Å². The van der Waals surface area contributed by atoms with E-state index in [2.05, 4.69) is 36.5 Å². The Kier molecular flexibility index (Phi) is 6.21. The fraction of sp³-hybridized carbons (Fsp3) is 0.552. The molecule has 4 aliphatic carbocycles. The summed E-state index contributed by atoms with van der Waals surface area (Å²) in [6.07, 6.45) is 8.82. The van der Waals surface area contributed by atoms with Crippen molar-refractivity contribution in [2.45, 2.75) is 65.5 Å². The SMILES string of the molecule is CC(=O)[C@H]1CC[C@H]2[C@@H]3C=CC4=CC(=O)CC[C@@]4(C)[C@@H]3[C@@H](OC(=O)Nc3cccc(CN=O)c3)C[C@]12C. The summed E-state index contributed by atoms with van der Waals surface area (Å²) in [6.45, 7) is 6.11. The first kappa shape index (κ1) is 24.6. The molecule has 1 amide bonds. The number of carbonyl (C=O) groups is 3. The average Bonchev–Trinajstić information content (AvgIpc) is 3.16. The van der Waals surface area contributed by atoms with Crippen LogP contribution in [0.25, 0.3) is 0 Å². The minimum absolute atomic E-state index is 0.0294. The van der Waals surface area contributed by atoms with E-state index in [-0.39, 0.29) is 46.7 Å². The van der Waals surface area contributed by atoms with Crippen LogP contribution in [0.4, 0.5) is 10.5 Å². The molecule has 7 atom stereocenters. The van der Waals surface area contributed by atoms with Crippen molar-refractivity contribution in [2.24, 2.45) is 39.7 Å². The average molecular weight is 491 g/mol. The number of fused-ring (bicyclic) bond motifs is 5. The van der Waals surface area contributed by atoms with Crippen molar-refractivity contribution in [3.8, 4) is 0 Å². The highest BCUT2D eigenvalue weighted by molar-refractivity contribution is 5.92. The summed E-state index contributed by atoms with van der Waals surface area (Å²) in [5.74, 6) is 0.835. The fourth-order valence-corrected chi connectivity index (χ4v) is 7.98. The maximum absolute atomic E-state index is 13.2. The number of rotatable bonds is 5. The number of allylic oxidation sites excluding steroid dienone is 4. The zero-order valence-corrected chi connectivity index (χ0v) is 21.2. The Bertz CT molecular complexity index is 1170. The summed E-state index contributed by atoms with van der Waals surface area (Å²) in [6, 6.07) is 7.00. The Balaban J connectivity index is 1.48. The van der Waals surface area contributed by atoms with Crippen LogP contribution in [0.3, 0.4) is 0 Å². The monoisotopic (exact) mass is 490 g/mol. The molecule has 1 aromatic rings. The standard InChI is InChI=1S/C29H34N2O5/c1-17(32)23-9-10-24-22-8-7-19-14-21(33)11-12-28(19,2)26(22)25(15-29(23,24)3)36-27(34)31-20-6-4-5-18(13-20)16-30-35/h4-8,13-14,22-26H,9-12,15-16H2,1-3H3,(H,31,34)/t22-,23+,24-,25-,26-,28+,29+/m0/s1. The Hall–Kier alpha value is -3.09. The second-order valence-electron chi connectivity index (χ2n) is 11.6. The fourth-order valence-electron chi connectivity index (χ4n) is 7.98. The molecular weight excluding hydrogens is 456 g/mol. The van der Waals surface area contributed by atoms with Gasteiger partial charge in [0.2, 0.25) is 0 Å². The first-order chi connectivity index (χ1) is 17.2. The van der Waals surface area contributed by atoms with Gasteiger partial charge in [0.15, 0.2) is 5.78 Å². The van der Waals surface area contributed by atoms with Gasteiger partial charge in [0.25, 0.3) is 0 Å². The number of nitrogens with one attached hydrogen (secondary N) is 1. The van der Waals surface area contributed by atoms with E-state index in [1.165, 1.54) is 0 Å². The molecule has 0 aromatic heterocycles. The Labute approximate surface area is 211 Å². The number of nitrogens with zero attached hydrogens (tertiary/aromatic N) is 1. The molecule has 0 unspecified atom stereocenters. The normalized spacial score (nSPS) is 36.7. The van der Waals surface area contributed by atoms with Gasteiger partial charge in [-0.15, -0.1) is 0 Å². The molecule has 36 heavy (non-hydrogen) atoms. The van der Waals surface area contributed by atoms with E-state index in [0.29, 0.717) is 30.0 Å². The highest BCUT2D eigenvalue weighted by Gasteiger charge is 2.63. The molecule has 0 bridgehead atoms. The van der Waals surface area contributed by atoms with Crippen LogP contribution in [0.2, 0.25) is 0 Å². The molecule has 1 aromatic carbocycles. The van der Waals surface area contributed by atoms with Gasteiger partial charge >= 0.3 is 6.09 Å². The van der Waals surface area contributed by atoms with E-state index >= 15 is 0 Å². The lowest BCUT2D eigenvalue weighted by atomic mass is 9.47. The van der Waals surface area contributed by atoms with Gasteiger partial charge in [0, 0.05) is 23.9 Å². The Morgan fingerprint density at radius 1 is 1.22 bits per heavy atom. The topological polar surface area (TPSA) is 102 Å². The summed E-state index contributed by atoms with van der Waals surface area (Å²) in [5.41, 5.74) is 1.74. The van der Waals surface area contributed by atoms with Crippen LogP contribution in [0.15, 0.2) is 53.2 Å². The highest BCUT2D eigenvalue weighted by Crippen LogP contribution is 2.65. The molecular formula is C29H34N2O5. The predicted octanol–water partition coefficient (Wildman–Crippen LogP) is 5.99. The number of hydrogen-bond acceptors (Lipinski definition) is 6. The van der Waals surface area contributed by atoms with Crippen LogP contribution < -0.4 is 5.32 Å². The maximum Gasteiger partial charge on any atom is 0.411 e. The Morgan fingerprint density at radius 3 is 2.78 bits per heavy atom. The molecule has 2 fully saturated rings. The van der Waals surface area contributed by atoms with Gasteiger partial charge in [0.1, 0.15) is 18.4 Å². The number of carbonyl (C=O) groups excluding carboxylic acids is 3. The van der Waals surface area contributed by atoms with Gasteiger partial charge in [0.05, 0.1) is 0 Å². The van der Waals surface area contributed by atoms with Crippen molar-refractivity contribution >= 4 is 23.3 Å². The highest BCUT2D eigenvalue weighted by atomic mass is 16.6. The predicted molar refractivity (Wildman–Crippen MR) is 136 cm³/mol. The second kappa shape index (κ2) is 9.09. The lowest BCUT2D eigenvalue weighted by Gasteiger charge is -2.58. The maximum atomic E-state index is 13.2. The molecule has 7 nitrogen and oxygen atoms in total. The molecule has 0 aliphatic heterocycles. The van der Waals surface area contributed by atoms with Crippen molar-refractivity contribution in [3.05, 3.63) is 58.5 Å². The van der Waals surface area contributed by atoms with Crippen molar-refractivity contribution in [1.82, 2.24) is 0 Å². The summed E-state index contributed by atoms with van der Waals surface area (Å²) < 4.78 is 6.21. The third-order valence-corrected chi connectivity index (χ3v) is 9.60. The van der Waals surface area contributed by atoms with Gasteiger partial charge in [-0.05, 0) is 84.6 Å². The molecule has 4 aliphatic rings. The quantitative estimate of drug-likeness (QED) is 0.511. The van der Waals surface area contributed by atoms with Crippen LogP contribution in [-0.4, -0.2) is 23.8 Å². The number of hydrogen-bond donors (Lipinski definition) is 1. The summed E-state index contributed by atoms with van der Waals surface area (Å²) in [4.78, 5) is 48.7. The minimum atomic E-state index is -0.551. The molecule has 7 heteroatoms. The molecule has 0 radical (unpaired) electrons. The number of amides is 1. The third kappa shape index (κ3) is 4.02. The molecule has 190 valence electrons. The number of ether oxygens (including phenoxy) is 1. The van der Waals surface area contributed by atoms with Gasteiger partial charge in [-0.25, -0.2) is 4.79 Å².